The molecule has 0 radical (unpaired) electrons. The molecule has 1 aliphatic rings. The topological polar surface area (TPSA) is 102 Å². The highest BCUT2D eigenvalue weighted by molar-refractivity contribution is 6.60. The van der Waals surface area contributed by atoms with Crippen LogP contribution in [0.15, 0.2) is 17.7 Å². The molecule has 134 valence electrons. The first-order chi connectivity index (χ1) is 11.6. The van der Waals surface area contributed by atoms with E-state index in [0.717, 1.165) is 0 Å². The third-order valence-corrected chi connectivity index (χ3v) is 3.44. The summed E-state index contributed by atoms with van der Waals surface area (Å²) in [5.41, 5.74) is 0.930. The summed E-state index contributed by atoms with van der Waals surface area (Å²) >= 11 is 0. The normalized spacial score (nSPS) is 16.2. The van der Waals surface area contributed by atoms with Crippen molar-refractivity contribution in [1.29, 1.82) is 0 Å². The van der Waals surface area contributed by atoms with Crippen molar-refractivity contribution in [2.45, 2.75) is 39.9 Å². The summed E-state index contributed by atoms with van der Waals surface area (Å²) in [5.74, 6) is -2.75. The largest absolute Gasteiger partial charge is 0.493 e. The van der Waals surface area contributed by atoms with Gasteiger partial charge >= 0.3 is 19.1 Å². The van der Waals surface area contributed by atoms with Gasteiger partial charge in [0.2, 0.25) is 0 Å². The fourth-order valence-corrected chi connectivity index (χ4v) is 2.43. The second-order valence-corrected chi connectivity index (χ2v) is 6.23. The third-order valence-electron chi connectivity index (χ3n) is 3.44. The van der Waals surface area contributed by atoms with Crippen molar-refractivity contribution >= 4 is 30.6 Å². The number of cyclic esters (lactones) is 2. The summed E-state index contributed by atoms with van der Waals surface area (Å²) in [6, 6.07) is 3.24. The zero-order chi connectivity index (χ0) is 18.8. The van der Waals surface area contributed by atoms with Gasteiger partial charge < -0.3 is 24.3 Å². The van der Waals surface area contributed by atoms with E-state index in [0.29, 0.717) is 24.2 Å². The summed E-state index contributed by atoms with van der Waals surface area (Å²) in [6.45, 7) is 6.91. The first-order valence-corrected chi connectivity index (χ1v) is 7.96. The second-order valence-electron chi connectivity index (χ2n) is 6.23. The maximum absolute atomic E-state index is 12.1. The fourth-order valence-electron chi connectivity index (χ4n) is 2.43. The zero-order valence-corrected chi connectivity index (χ0v) is 14.7. The van der Waals surface area contributed by atoms with Crippen molar-refractivity contribution in [3.05, 3.63) is 28.8 Å². The molecular weight excluding hydrogens is 327 g/mol. The Kier molecular flexibility index (Phi) is 5.54. The predicted octanol–water partition coefficient (Wildman–Crippen LogP) is 0.683. The first-order valence-electron chi connectivity index (χ1n) is 7.96. The fraction of sp³-hybridized carbons (Fsp3) is 0.412. The van der Waals surface area contributed by atoms with Crippen molar-refractivity contribution in [2.24, 2.45) is 0 Å². The molecule has 1 fully saturated rings. The Balaban J connectivity index is 2.54. The van der Waals surface area contributed by atoms with Gasteiger partial charge in [-0.15, -0.1) is 0 Å². The highest BCUT2D eigenvalue weighted by Gasteiger charge is 2.39. The van der Waals surface area contributed by atoms with Gasteiger partial charge in [0.25, 0.3) is 5.79 Å². The number of carbonyl (C=O) groups excluding carboxylic acids is 2. The van der Waals surface area contributed by atoms with Gasteiger partial charge in [-0.05, 0) is 25.5 Å². The number of benzene rings is 1. The van der Waals surface area contributed by atoms with Crippen LogP contribution in [0.2, 0.25) is 0 Å². The van der Waals surface area contributed by atoms with Gasteiger partial charge in [0.05, 0.1) is 6.61 Å². The Bertz CT molecular complexity index is 700. The van der Waals surface area contributed by atoms with Crippen LogP contribution in [0.25, 0.3) is 6.08 Å². The number of ether oxygens (including phenoxy) is 3. The van der Waals surface area contributed by atoms with E-state index in [-0.39, 0.29) is 16.8 Å². The number of carbonyl (C=O) groups is 2. The van der Waals surface area contributed by atoms with Crippen LogP contribution in [0.5, 0.6) is 5.75 Å². The van der Waals surface area contributed by atoms with Crippen LogP contribution < -0.4 is 10.2 Å². The van der Waals surface area contributed by atoms with Crippen LogP contribution in [-0.4, -0.2) is 41.5 Å². The van der Waals surface area contributed by atoms with Gasteiger partial charge in [0.15, 0.2) is 0 Å². The third kappa shape index (κ3) is 4.40. The minimum absolute atomic E-state index is 0.151. The lowest BCUT2D eigenvalue weighted by Gasteiger charge is -2.29. The standard InChI is InChI=1S/C17H21BO7/c1-5-6-23-14-11(7-10(2)8-13(14)18(21)22)9-12-15(19)24-17(3,4)25-16(12)20/h7-9,21-22H,5-6H2,1-4H3. The molecule has 0 aliphatic carbocycles. The molecule has 1 saturated heterocycles. The van der Waals surface area contributed by atoms with E-state index in [9.17, 15) is 19.6 Å². The molecule has 2 N–H and O–H groups in total. The zero-order valence-electron chi connectivity index (χ0n) is 14.7. The minimum atomic E-state index is -1.76. The molecule has 1 aromatic carbocycles. The highest BCUT2D eigenvalue weighted by Crippen LogP contribution is 2.27. The Morgan fingerprint density at radius 3 is 2.32 bits per heavy atom. The van der Waals surface area contributed by atoms with Gasteiger partial charge in [0, 0.05) is 24.9 Å². The first kappa shape index (κ1) is 19.0. The molecule has 1 aromatic rings. The van der Waals surface area contributed by atoms with Gasteiger partial charge in [-0.2, -0.15) is 0 Å². The predicted molar refractivity (Wildman–Crippen MR) is 91.0 cm³/mol. The molecule has 0 saturated carbocycles. The summed E-state index contributed by atoms with van der Waals surface area (Å²) in [5, 5.41) is 19.2. The van der Waals surface area contributed by atoms with Gasteiger partial charge in [0.1, 0.15) is 11.3 Å². The lowest BCUT2D eigenvalue weighted by Crippen LogP contribution is -2.41. The van der Waals surface area contributed by atoms with Gasteiger partial charge in [-0.3, -0.25) is 0 Å². The van der Waals surface area contributed by atoms with Crippen molar-refractivity contribution in [2.75, 3.05) is 6.61 Å². The van der Waals surface area contributed by atoms with Gasteiger partial charge in [-0.25, -0.2) is 9.59 Å². The summed E-state index contributed by atoms with van der Waals surface area (Å²) in [7, 11) is -1.76. The lowest BCUT2D eigenvalue weighted by molar-refractivity contribution is -0.222. The molecule has 0 amide bonds. The molecule has 0 bridgehead atoms. The van der Waals surface area contributed by atoms with Crippen LogP contribution in [0, 0.1) is 6.92 Å². The van der Waals surface area contributed by atoms with Crippen LogP contribution >= 0.6 is 0 Å². The van der Waals surface area contributed by atoms with Crippen LogP contribution in [-0.2, 0) is 19.1 Å². The summed E-state index contributed by atoms with van der Waals surface area (Å²) in [6.07, 6.45) is 1.98. The number of hydrogen-bond donors (Lipinski definition) is 2. The van der Waals surface area contributed by atoms with E-state index in [1.165, 1.54) is 19.9 Å². The molecule has 0 spiro atoms. The minimum Gasteiger partial charge on any atom is -0.493 e. The maximum Gasteiger partial charge on any atom is 0.492 e. The van der Waals surface area contributed by atoms with E-state index >= 15 is 0 Å². The van der Waals surface area contributed by atoms with E-state index in [2.05, 4.69) is 0 Å². The van der Waals surface area contributed by atoms with Crippen molar-refractivity contribution in [1.82, 2.24) is 0 Å². The van der Waals surface area contributed by atoms with Crippen molar-refractivity contribution in [3.63, 3.8) is 0 Å². The van der Waals surface area contributed by atoms with Crippen LogP contribution in [0.4, 0.5) is 0 Å². The Morgan fingerprint density at radius 2 is 1.80 bits per heavy atom. The average molecular weight is 348 g/mol. The van der Waals surface area contributed by atoms with Crippen LogP contribution in [0.1, 0.15) is 38.3 Å². The number of hydrogen-bond acceptors (Lipinski definition) is 7. The SMILES string of the molecule is CCCOc1c(C=C2C(=O)OC(C)(C)OC2=O)cc(C)cc1B(O)O. The molecule has 7 nitrogen and oxygen atoms in total. The number of aryl methyl sites for hydroxylation is 1. The molecule has 2 rings (SSSR count). The molecule has 0 atom stereocenters. The monoisotopic (exact) mass is 348 g/mol. The number of rotatable bonds is 5. The molecular formula is C17H21BO7. The Labute approximate surface area is 146 Å². The number of esters is 2. The maximum atomic E-state index is 12.1. The van der Waals surface area contributed by atoms with Gasteiger partial charge in [-0.1, -0.05) is 18.6 Å². The van der Waals surface area contributed by atoms with Crippen molar-refractivity contribution < 1.29 is 33.8 Å². The Morgan fingerprint density at radius 1 is 1.20 bits per heavy atom. The molecule has 1 heterocycles. The molecule has 0 aromatic heterocycles. The lowest BCUT2D eigenvalue weighted by atomic mass is 9.77. The smallest absolute Gasteiger partial charge is 0.492 e. The van der Waals surface area contributed by atoms with E-state index in [1.807, 2.05) is 6.92 Å². The molecule has 25 heavy (non-hydrogen) atoms. The van der Waals surface area contributed by atoms with Crippen molar-refractivity contribution in [3.8, 4) is 5.75 Å². The van der Waals surface area contributed by atoms with E-state index in [1.54, 1.807) is 19.1 Å². The summed E-state index contributed by atoms with van der Waals surface area (Å²) < 4.78 is 15.8. The second kappa shape index (κ2) is 7.29. The Hall–Kier alpha value is -2.32. The molecule has 8 heteroatoms. The average Bonchev–Trinajstić information content (AvgIpc) is 2.48. The van der Waals surface area contributed by atoms with E-state index in [4.69, 9.17) is 14.2 Å². The van der Waals surface area contributed by atoms with E-state index < -0.39 is 24.8 Å². The molecule has 1 aliphatic heterocycles. The van der Waals surface area contributed by atoms with Crippen LogP contribution in [0.3, 0.4) is 0 Å². The quantitative estimate of drug-likeness (QED) is 0.349. The highest BCUT2D eigenvalue weighted by atomic mass is 16.7. The molecule has 0 unspecified atom stereocenters. The summed E-state index contributed by atoms with van der Waals surface area (Å²) in [4.78, 5) is 24.2.